The van der Waals surface area contributed by atoms with Gasteiger partial charge in [-0.15, -0.1) is 0 Å². The Kier molecular flexibility index (Phi) is 4.20. The number of benzene rings is 1. The highest BCUT2D eigenvalue weighted by atomic mass is 16.5. The van der Waals surface area contributed by atoms with Crippen LogP contribution in [0.2, 0.25) is 0 Å². The fourth-order valence-electron chi connectivity index (χ4n) is 2.15. The Morgan fingerprint density at radius 3 is 2.58 bits per heavy atom. The van der Waals surface area contributed by atoms with E-state index in [1.165, 1.54) is 5.56 Å². The fraction of sp³-hybridized carbons (Fsp3) is 0.471. The van der Waals surface area contributed by atoms with Gasteiger partial charge in [-0.1, -0.05) is 63.3 Å². The average molecular weight is 258 g/mol. The van der Waals surface area contributed by atoms with Gasteiger partial charge in [-0.05, 0) is 12.0 Å². The molecular formula is C17H22O2. The first-order chi connectivity index (χ1) is 8.97. The summed E-state index contributed by atoms with van der Waals surface area (Å²) in [6.07, 6.45) is 5.47. The second-order valence-corrected chi connectivity index (χ2v) is 6.12. The van der Waals surface area contributed by atoms with Gasteiger partial charge in [0.1, 0.15) is 5.78 Å². The number of Topliss-reactive ketones (excluding diaryl/α,β-unsaturated/α-hetero) is 1. The lowest BCUT2D eigenvalue weighted by molar-refractivity contribution is -0.129. The molecule has 0 N–H and O–H groups in total. The first-order valence-corrected chi connectivity index (χ1v) is 6.87. The van der Waals surface area contributed by atoms with Crippen molar-refractivity contribution in [3.8, 4) is 0 Å². The van der Waals surface area contributed by atoms with E-state index in [1.807, 2.05) is 45.0 Å². The first-order valence-electron chi connectivity index (χ1n) is 6.87. The minimum Gasteiger partial charge on any atom is -0.365 e. The van der Waals surface area contributed by atoms with Gasteiger partial charge in [0.15, 0.2) is 0 Å². The van der Waals surface area contributed by atoms with Crippen molar-refractivity contribution in [1.29, 1.82) is 0 Å². The summed E-state index contributed by atoms with van der Waals surface area (Å²) in [7, 11) is 0. The Hall–Kier alpha value is -1.41. The second-order valence-electron chi connectivity index (χ2n) is 6.12. The molecule has 1 aliphatic heterocycles. The zero-order chi connectivity index (χ0) is 13.9. The van der Waals surface area contributed by atoms with E-state index in [9.17, 15) is 4.79 Å². The van der Waals surface area contributed by atoms with Crippen LogP contribution in [0.25, 0.3) is 0 Å². The number of ketones is 1. The van der Waals surface area contributed by atoms with E-state index < -0.39 is 0 Å². The van der Waals surface area contributed by atoms with Crippen LogP contribution < -0.4 is 0 Å². The van der Waals surface area contributed by atoms with Crippen molar-refractivity contribution < 1.29 is 9.53 Å². The van der Waals surface area contributed by atoms with Crippen LogP contribution in [0, 0.1) is 5.41 Å². The topological polar surface area (TPSA) is 26.3 Å². The number of carbonyl (C=O) groups is 1. The van der Waals surface area contributed by atoms with Gasteiger partial charge < -0.3 is 4.74 Å². The molecule has 2 rings (SSSR count). The summed E-state index contributed by atoms with van der Waals surface area (Å²) in [4.78, 5) is 12.1. The summed E-state index contributed by atoms with van der Waals surface area (Å²) in [5.41, 5.74) is 0.886. The standard InChI is InChI=1S/C17H22O2/c1-17(2,3)16(18)12-14-10-7-11-15(19-14)13-8-5-4-6-9-13/h4-10,14-15H,11-12H2,1-3H3/t14-,15+/m0/s1. The molecule has 0 unspecified atom stereocenters. The van der Waals surface area contributed by atoms with Crippen LogP contribution in [-0.2, 0) is 9.53 Å². The van der Waals surface area contributed by atoms with E-state index >= 15 is 0 Å². The van der Waals surface area contributed by atoms with Crippen molar-refractivity contribution >= 4 is 5.78 Å². The summed E-state index contributed by atoms with van der Waals surface area (Å²) in [5, 5.41) is 0. The van der Waals surface area contributed by atoms with Gasteiger partial charge in [0, 0.05) is 11.8 Å². The van der Waals surface area contributed by atoms with Gasteiger partial charge in [-0.2, -0.15) is 0 Å². The van der Waals surface area contributed by atoms with Crippen LogP contribution in [0.3, 0.4) is 0 Å². The number of hydrogen-bond donors (Lipinski definition) is 0. The molecule has 2 nitrogen and oxygen atoms in total. The lowest BCUT2D eigenvalue weighted by atomic mass is 9.87. The number of carbonyl (C=O) groups excluding carboxylic acids is 1. The molecule has 1 aromatic rings. The third kappa shape index (κ3) is 3.77. The molecule has 0 aliphatic carbocycles. The molecule has 0 fully saturated rings. The molecule has 1 heterocycles. The van der Waals surface area contributed by atoms with E-state index in [0.29, 0.717) is 6.42 Å². The maximum absolute atomic E-state index is 12.1. The summed E-state index contributed by atoms with van der Waals surface area (Å²) < 4.78 is 6.03. The Labute approximate surface area is 115 Å². The third-order valence-corrected chi connectivity index (χ3v) is 3.43. The highest BCUT2D eigenvalue weighted by molar-refractivity contribution is 5.84. The first kappa shape index (κ1) is 14.0. The highest BCUT2D eigenvalue weighted by Crippen LogP contribution is 2.29. The van der Waals surface area contributed by atoms with Gasteiger partial charge in [0.05, 0.1) is 12.2 Å². The van der Waals surface area contributed by atoms with Gasteiger partial charge >= 0.3 is 0 Å². The monoisotopic (exact) mass is 258 g/mol. The smallest absolute Gasteiger partial charge is 0.141 e. The molecular weight excluding hydrogens is 236 g/mol. The van der Waals surface area contributed by atoms with Crippen molar-refractivity contribution in [1.82, 2.24) is 0 Å². The van der Waals surface area contributed by atoms with Crippen LogP contribution in [0.15, 0.2) is 42.5 Å². The van der Waals surface area contributed by atoms with Crippen LogP contribution in [-0.4, -0.2) is 11.9 Å². The second kappa shape index (κ2) is 5.70. The van der Waals surface area contributed by atoms with Gasteiger partial charge in [0.25, 0.3) is 0 Å². The number of ether oxygens (including phenoxy) is 1. The van der Waals surface area contributed by atoms with Gasteiger partial charge in [-0.3, -0.25) is 4.79 Å². The highest BCUT2D eigenvalue weighted by Gasteiger charge is 2.27. The minimum absolute atomic E-state index is 0.0731. The van der Waals surface area contributed by atoms with Crippen molar-refractivity contribution in [2.45, 2.75) is 45.8 Å². The molecule has 0 aromatic heterocycles. The number of hydrogen-bond acceptors (Lipinski definition) is 2. The van der Waals surface area contributed by atoms with E-state index in [4.69, 9.17) is 4.74 Å². The maximum Gasteiger partial charge on any atom is 0.141 e. The van der Waals surface area contributed by atoms with E-state index in [-0.39, 0.29) is 23.4 Å². The van der Waals surface area contributed by atoms with E-state index in [1.54, 1.807) is 0 Å². The summed E-state index contributed by atoms with van der Waals surface area (Å²) in [6.45, 7) is 5.86. The van der Waals surface area contributed by atoms with Crippen molar-refractivity contribution in [3.05, 3.63) is 48.0 Å². The lowest BCUT2D eigenvalue weighted by Crippen LogP contribution is -2.28. The summed E-state index contributed by atoms with van der Waals surface area (Å²) in [6, 6.07) is 10.2. The molecule has 0 amide bonds. The maximum atomic E-state index is 12.1. The van der Waals surface area contributed by atoms with Crippen LogP contribution >= 0.6 is 0 Å². The molecule has 0 bridgehead atoms. The third-order valence-electron chi connectivity index (χ3n) is 3.43. The largest absolute Gasteiger partial charge is 0.365 e. The molecule has 0 radical (unpaired) electrons. The normalized spacial score (nSPS) is 23.3. The summed E-state index contributed by atoms with van der Waals surface area (Å²) >= 11 is 0. The summed E-state index contributed by atoms with van der Waals surface area (Å²) in [5.74, 6) is 0.246. The molecule has 2 heteroatoms. The Morgan fingerprint density at radius 1 is 1.26 bits per heavy atom. The van der Waals surface area contributed by atoms with Gasteiger partial charge in [0.2, 0.25) is 0 Å². The quantitative estimate of drug-likeness (QED) is 0.764. The van der Waals surface area contributed by atoms with E-state index in [0.717, 1.165) is 6.42 Å². The number of rotatable bonds is 3. The molecule has 0 saturated heterocycles. The molecule has 1 aromatic carbocycles. The van der Waals surface area contributed by atoms with Gasteiger partial charge in [-0.25, -0.2) is 0 Å². The van der Waals surface area contributed by atoms with E-state index in [2.05, 4.69) is 18.2 Å². The van der Waals surface area contributed by atoms with Crippen LogP contribution in [0.4, 0.5) is 0 Å². The fourth-order valence-corrected chi connectivity index (χ4v) is 2.15. The SMILES string of the molecule is CC(C)(C)C(=O)C[C@@H]1C=CC[C@H](c2ccccc2)O1. The molecule has 0 saturated carbocycles. The zero-order valence-electron chi connectivity index (χ0n) is 11.9. The Morgan fingerprint density at radius 2 is 1.95 bits per heavy atom. The van der Waals surface area contributed by atoms with Crippen LogP contribution in [0.5, 0.6) is 0 Å². The van der Waals surface area contributed by atoms with Crippen molar-refractivity contribution in [2.24, 2.45) is 5.41 Å². The van der Waals surface area contributed by atoms with Crippen molar-refractivity contribution in [2.75, 3.05) is 0 Å². The Balaban J connectivity index is 2.01. The predicted octanol–water partition coefficient (Wildman–Crippen LogP) is 4.08. The molecule has 19 heavy (non-hydrogen) atoms. The molecule has 102 valence electrons. The molecule has 1 aliphatic rings. The molecule has 2 atom stereocenters. The average Bonchev–Trinajstić information content (AvgIpc) is 2.39. The molecule has 0 spiro atoms. The Bertz CT molecular complexity index is 454. The minimum atomic E-state index is -0.295. The zero-order valence-corrected chi connectivity index (χ0v) is 11.9. The predicted molar refractivity (Wildman–Crippen MR) is 76.9 cm³/mol. The van der Waals surface area contributed by atoms with Crippen LogP contribution in [0.1, 0.15) is 45.3 Å². The lowest BCUT2D eigenvalue weighted by Gasteiger charge is -2.28. The van der Waals surface area contributed by atoms with Crippen molar-refractivity contribution in [3.63, 3.8) is 0 Å².